The molecule has 0 aromatic carbocycles. The van der Waals surface area contributed by atoms with Crippen LogP contribution in [0.4, 0.5) is 0 Å². The molecule has 0 aliphatic heterocycles. The molecule has 0 spiro atoms. The summed E-state index contributed by atoms with van der Waals surface area (Å²) >= 11 is 2.35. The molecule has 0 aliphatic rings. The van der Waals surface area contributed by atoms with E-state index in [0.717, 1.165) is 0 Å². The molecule has 4 heteroatoms. The monoisotopic (exact) mass is 302 g/mol. The molecule has 0 saturated carbocycles. The van der Waals surface area contributed by atoms with Gasteiger partial charge in [-0.25, -0.2) is 0 Å². The van der Waals surface area contributed by atoms with Crippen molar-refractivity contribution in [3.8, 4) is 0 Å². The molecule has 1 rings (SSSR count). The average Bonchev–Trinajstić information content (AvgIpc) is 2.27. The normalized spacial score (nSPS) is 14.2. The van der Waals surface area contributed by atoms with Crippen molar-refractivity contribution in [2.24, 2.45) is 0 Å². The van der Waals surface area contributed by atoms with Crippen LogP contribution in [-0.4, -0.2) is 13.4 Å². The van der Waals surface area contributed by atoms with Gasteiger partial charge < -0.3 is 0 Å². The predicted octanol–water partition coefficient (Wildman–Crippen LogP) is 3.71. The molecule has 0 fully saturated rings. The minimum atomic E-state index is -1.42. The van der Waals surface area contributed by atoms with Gasteiger partial charge in [-0.1, -0.05) is 0 Å². The molecule has 1 aromatic rings. The molecule has 1 aromatic heterocycles. The summed E-state index contributed by atoms with van der Waals surface area (Å²) in [5.74, 6) is 0. The van der Waals surface area contributed by atoms with E-state index in [2.05, 4.69) is 80.1 Å². The Morgan fingerprint density at radius 3 is 1.82 bits per heavy atom. The Labute approximate surface area is 120 Å². The van der Waals surface area contributed by atoms with Crippen LogP contribution in [0.1, 0.15) is 37.2 Å². The van der Waals surface area contributed by atoms with E-state index < -0.39 is 7.90 Å². The van der Waals surface area contributed by atoms with Crippen LogP contribution in [0.5, 0.6) is 0 Å². The van der Waals surface area contributed by atoms with Crippen LogP contribution in [0, 0.1) is 20.8 Å². The molecule has 1 nitrogen and oxygen atoms in total. The van der Waals surface area contributed by atoms with Crippen molar-refractivity contribution in [1.82, 2.24) is 4.98 Å². The average molecular weight is 302 g/mol. The van der Waals surface area contributed by atoms with Gasteiger partial charge in [0.25, 0.3) is 0 Å². The first-order valence-electron chi connectivity index (χ1n) is 6.17. The summed E-state index contributed by atoms with van der Waals surface area (Å²) < 4.78 is 1.66. The zero-order chi connectivity index (χ0) is 13.6. The molecule has 0 radical (unpaired) electrons. The van der Waals surface area contributed by atoms with Gasteiger partial charge in [0.15, 0.2) is 0 Å². The molecular formula is C13H25NPSiTi. The molecular weight excluding hydrogens is 277 g/mol. The first kappa shape index (κ1) is 15.7. The summed E-state index contributed by atoms with van der Waals surface area (Å²) in [5.41, 5.74) is 3.32. The van der Waals surface area contributed by atoms with Crippen LogP contribution in [0.3, 0.4) is 0 Å². The van der Waals surface area contributed by atoms with Gasteiger partial charge in [0, 0.05) is 0 Å². The Hall–Kier alpha value is 0.671. The number of hydrogen-bond acceptors (Lipinski definition) is 1. The van der Waals surface area contributed by atoms with Crippen molar-refractivity contribution >= 4 is 18.6 Å². The first-order chi connectivity index (χ1) is 7.47. The molecule has 1 atom stereocenters. The molecule has 95 valence electrons. The van der Waals surface area contributed by atoms with Gasteiger partial charge in [-0.3, -0.25) is 0 Å². The van der Waals surface area contributed by atoms with Crippen LogP contribution >= 0.6 is 7.08 Å². The standard InChI is InChI=1S/C13H25NPSi.Ti/c1-10-9-15(12(3)11(10)2)16(7,8)14-13(4,5)6;/h14H,1-8H3;. The van der Waals surface area contributed by atoms with E-state index >= 15 is 0 Å². The number of hydrogen-bond donors (Lipinski definition) is 1. The number of nitrogens with one attached hydrogen (secondary N) is 1. The fourth-order valence-corrected chi connectivity index (χ4v) is 18.9. The summed E-state index contributed by atoms with van der Waals surface area (Å²) in [7, 11) is -1.48. The van der Waals surface area contributed by atoms with E-state index in [1.54, 1.807) is 20.0 Å². The topological polar surface area (TPSA) is 12.0 Å². The quantitative estimate of drug-likeness (QED) is 0.821. The fourth-order valence-electron chi connectivity index (χ4n) is 2.62. The Balaban J connectivity index is 3.29. The summed E-state index contributed by atoms with van der Waals surface area (Å²) in [6.45, 7) is 18.8. The van der Waals surface area contributed by atoms with E-state index in [0.29, 0.717) is 0 Å². The zero-order valence-electron chi connectivity index (χ0n) is 12.4. The van der Waals surface area contributed by atoms with Gasteiger partial charge >= 0.3 is 121 Å². The Morgan fingerprint density at radius 2 is 1.53 bits per heavy atom. The second kappa shape index (κ2) is 4.98. The molecule has 0 bridgehead atoms. The third-order valence-electron chi connectivity index (χ3n) is 3.26. The molecule has 0 aliphatic carbocycles. The van der Waals surface area contributed by atoms with Crippen molar-refractivity contribution in [2.45, 2.75) is 60.2 Å². The fraction of sp³-hybridized carbons (Fsp3) is 0.692. The molecule has 1 N–H and O–H groups in total. The molecule has 0 amide bonds. The Morgan fingerprint density at radius 1 is 1.06 bits per heavy atom. The number of rotatable bonds is 2. The van der Waals surface area contributed by atoms with Crippen molar-refractivity contribution < 1.29 is 20.4 Å². The third kappa shape index (κ3) is 3.36. The maximum absolute atomic E-state index is 3.94. The van der Waals surface area contributed by atoms with Gasteiger partial charge in [-0.15, -0.1) is 0 Å². The summed E-state index contributed by atoms with van der Waals surface area (Å²) in [6.07, 6.45) is 0. The van der Waals surface area contributed by atoms with Gasteiger partial charge in [0.2, 0.25) is 0 Å². The van der Waals surface area contributed by atoms with Crippen molar-refractivity contribution in [3.63, 3.8) is 0 Å². The zero-order valence-corrected chi connectivity index (χ0v) is 15.9. The van der Waals surface area contributed by atoms with E-state index in [-0.39, 0.29) is 12.6 Å². The summed E-state index contributed by atoms with van der Waals surface area (Å²) in [6, 6.07) is 0. The molecule has 0 saturated heterocycles. The molecule has 1 unspecified atom stereocenters. The second-order valence-corrected chi connectivity index (χ2v) is 17.7. The van der Waals surface area contributed by atoms with Crippen LogP contribution in [-0.2, 0) is 20.4 Å². The summed E-state index contributed by atoms with van der Waals surface area (Å²) in [5, 5.41) is 1.66. The van der Waals surface area contributed by atoms with Gasteiger partial charge in [-0.2, -0.15) is 0 Å². The first-order valence-corrected chi connectivity index (χ1v) is 12.1. The second-order valence-electron chi connectivity index (χ2n) is 6.45. The van der Waals surface area contributed by atoms with Crippen LogP contribution in [0.15, 0.2) is 0 Å². The van der Waals surface area contributed by atoms with E-state index in [9.17, 15) is 0 Å². The molecule has 17 heavy (non-hydrogen) atoms. The predicted molar refractivity (Wildman–Crippen MR) is 78.8 cm³/mol. The van der Waals surface area contributed by atoms with Gasteiger partial charge in [0.1, 0.15) is 0 Å². The van der Waals surface area contributed by atoms with E-state index in [1.165, 1.54) is 0 Å². The maximum atomic E-state index is 3.94. The van der Waals surface area contributed by atoms with E-state index in [1.807, 2.05) is 0 Å². The minimum absolute atomic E-state index is 0.0668. The summed E-state index contributed by atoms with van der Waals surface area (Å²) in [4.78, 5) is 3.94. The van der Waals surface area contributed by atoms with Crippen molar-refractivity contribution in [1.29, 1.82) is 0 Å². The van der Waals surface area contributed by atoms with Crippen LogP contribution in [0.25, 0.3) is 0 Å². The SMILES string of the molecule is Cc1c(C)[c]([Ti])p([Si](C)(C)NC(C)(C)C)c1C. The van der Waals surface area contributed by atoms with Crippen LogP contribution < -0.4 is 8.58 Å². The Kier molecular flexibility index (Phi) is 4.61. The third-order valence-corrected chi connectivity index (χ3v) is 15.6. The van der Waals surface area contributed by atoms with E-state index in [4.69, 9.17) is 0 Å². The molecule has 1 heterocycles. The van der Waals surface area contributed by atoms with Crippen molar-refractivity contribution in [2.75, 3.05) is 0 Å². The van der Waals surface area contributed by atoms with Crippen molar-refractivity contribution in [3.05, 3.63) is 16.4 Å². The van der Waals surface area contributed by atoms with Gasteiger partial charge in [-0.05, 0) is 0 Å². The van der Waals surface area contributed by atoms with Gasteiger partial charge in [0.05, 0.1) is 0 Å². The Bertz CT molecular complexity index is 404. The van der Waals surface area contributed by atoms with Crippen LogP contribution in [0.2, 0.25) is 13.1 Å².